The fraction of sp³-hybridized carbons (Fsp3) is 0.318. The van der Waals surface area contributed by atoms with E-state index >= 15 is 0 Å². The van der Waals surface area contributed by atoms with E-state index in [9.17, 15) is 14.7 Å². The number of ether oxygens (including phenoxy) is 1. The third-order valence-electron chi connectivity index (χ3n) is 5.15. The Bertz CT molecular complexity index is 1320. The van der Waals surface area contributed by atoms with Gasteiger partial charge in [0.1, 0.15) is 24.2 Å². The van der Waals surface area contributed by atoms with Crippen LogP contribution in [-0.2, 0) is 26.6 Å². The molecule has 3 aromatic heterocycles. The van der Waals surface area contributed by atoms with Crippen LogP contribution in [0.1, 0.15) is 18.2 Å². The van der Waals surface area contributed by atoms with Crippen molar-refractivity contribution in [3.8, 4) is 5.75 Å². The fourth-order valence-corrected chi connectivity index (χ4v) is 3.44. The largest absolute Gasteiger partial charge is 0.491 e. The SMILES string of the molecule is CCc1cccc(OCC(O)Cn2c(NCc3ccco3)nc3c2c(=O)[nH]c(=O)n3C)c1. The number of fused-ring (bicyclic) bond motifs is 1. The molecule has 0 aliphatic carbocycles. The van der Waals surface area contributed by atoms with Gasteiger partial charge in [-0.1, -0.05) is 19.1 Å². The molecule has 0 amide bonds. The third kappa shape index (κ3) is 4.45. The van der Waals surface area contributed by atoms with E-state index in [-0.39, 0.29) is 24.3 Å². The number of nitrogens with zero attached hydrogens (tertiary/aromatic N) is 3. The van der Waals surface area contributed by atoms with Crippen LogP contribution in [0.25, 0.3) is 11.2 Å². The molecule has 1 unspecified atom stereocenters. The van der Waals surface area contributed by atoms with Gasteiger partial charge in [0, 0.05) is 7.05 Å². The van der Waals surface area contributed by atoms with Crippen LogP contribution >= 0.6 is 0 Å². The standard InChI is InChI=1S/C22H25N5O5/c1-3-14-6-4-7-16(10-14)32-13-15(28)12-27-18-19(26(2)22(30)25-20(18)29)24-21(27)23-11-17-8-5-9-31-17/h4-10,15,28H,3,11-13H2,1-2H3,(H,23,24)(H,25,29,30). The number of imidazole rings is 1. The highest BCUT2D eigenvalue weighted by Crippen LogP contribution is 2.18. The van der Waals surface area contributed by atoms with Crippen LogP contribution in [0.5, 0.6) is 5.75 Å². The molecule has 168 valence electrons. The molecule has 4 rings (SSSR count). The Morgan fingerprint density at radius 2 is 2.12 bits per heavy atom. The normalized spacial score (nSPS) is 12.2. The van der Waals surface area contributed by atoms with Crippen molar-refractivity contribution >= 4 is 17.1 Å². The van der Waals surface area contributed by atoms with Crippen molar-refractivity contribution < 1.29 is 14.3 Å². The number of aromatic amines is 1. The van der Waals surface area contributed by atoms with Crippen molar-refractivity contribution in [2.45, 2.75) is 32.5 Å². The van der Waals surface area contributed by atoms with Crippen LogP contribution in [0, 0.1) is 0 Å². The van der Waals surface area contributed by atoms with E-state index < -0.39 is 17.4 Å². The minimum Gasteiger partial charge on any atom is -0.491 e. The quantitative estimate of drug-likeness (QED) is 0.362. The maximum atomic E-state index is 12.6. The number of aliphatic hydroxyl groups excluding tert-OH is 1. The molecular formula is C22H25N5O5. The van der Waals surface area contributed by atoms with Crippen molar-refractivity contribution in [2.75, 3.05) is 11.9 Å². The summed E-state index contributed by atoms with van der Waals surface area (Å²) in [4.78, 5) is 31.3. The summed E-state index contributed by atoms with van der Waals surface area (Å²) in [5.74, 6) is 1.66. The number of benzene rings is 1. The molecule has 0 bridgehead atoms. The average Bonchev–Trinajstić information content (AvgIpc) is 3.43. The Labute approximate surface area is 183 Å². The second-order valence-electron chi connectivity index (χ2n) is 7.44. The molecule has 0 saturated carbocycles. The zero-order valence-corrected chi connectivity index (χ0v) is 17.9. The number of rotatable bonds is 9. The Hall–Kier alpha value is -3.79. The van der Waals surface area contributed by atoms with Gasteiger partial charge in [-0.25, -0.2) is 4.79 Å². The van der Waals surface area contributed by atoms with Crippen molar-refractivity contribution in [2.24, 2.45) is 7.05 Å². The lowest BCUT2D eigenvalue weighted by Crippen LogP contribution is -2.31. The molecular weight excluding hydrogens is 414 g/mol. The summed E-state index contributed by atoms with van der Waals surface area (Å²) in [6.45, 7) is 2.43. The van der Waals surface area contributed by atoms with Gasteiger partial charge in [-0.3, -0.25) is 14.3 Å². The molecule has 3 N–H and O–H groups in total. The van der Waals surface area contributed by atoms with Crippen molar-refractivity contribution in [3.05, 3.63) is 74.8 Å². The molecule has 4 aromatic rings. The number of nitrogens with one attached hydrogen (secondary N) is 2. The molecule has 10 heteroatoms. The molecule has 0 aliphatic heterocycles. The first kappa shape index (κ1) is 21.4. The van der Waals surface area contributed by atoms with Gasteiger partial charge in [0.2, 0.25) is 5.95 Å². The first-order valence-electron chi connectivity index (χ1n) is 10.3. The molecule has 1 atom stereocenters. The van der Waals surface area contributed by atoms with Crippen LogP contribution in [0.3, 0.4) is 0 Å². The fourth-order valence-electron chi connectivity index (χ4n) is 3.44. The molecule has 0 radical (unpaired) electrons. The van der Waals surface area contributed by atoms with Gasteiger partial charge in [-0.15, -0.1) is 0 Å². The van der Waals surface area contributed by atoms with Crippen LogP contribution < -0.4 is 21.3 Å². The maximum Gasteiger partial charge on any atom is 0.329 e. The smallest absolute Gasteiger partial charge is 0.329 e. The van der Waals surface area contributed by atoms with E-state index in [1.807, 2.05) is 24.3 Å². The third-order valence-corrected chi connectivity index (χ3v) is 5.15. The van der Waals surface area contributed by atoms with Gasteiger partial charge in [-0.05, 0) is 36.2 Å². The first-order chi connectivity index (χ1) is 15.5. The van der Waals surface area contributed by atoms with Gasteiger partial charge in [-0.2, -0.15) is 4.98 Å². The minimum absolute atomic E-state index is 0.0220. The lowest BCUT2D eigenvalue weighted by Gasteiger charge is -2.16. The van der Waals surface area contributed by atoms with E-state index in [1.54, 1.807) is 23.0 Å². The Kier molecular flexibility index (Phi) is 6.13. The molecule has 32 heavy (non-hydrogen) atoms. The summed E-state index contributed by atoms with van der Waals surface area (Å²) in [6.07, 6.45) is 1.51. The second-order valence-corrected chi connectivity index (χ2v) is 7.44. The number of H-pyrrole nitrogens is 1. The molecule has 0 fully saturated rings. The van der Waals surface area contributed by atoms with Crippen molar-refractivity contribution in [1.29, 1.82) is 0 Å². The lowest BCUT2D eigenvalue weighted by molar-refractivity contribution is 0.0938. The number of aryl methyl sites for hydroxylation is 2. The topological polar surface area (TPSA) is 127 Å². The van der Waals surface area contributed by atoms with E-state index in [1.165, 1.54) is 11.6 Å². The number of aromatic nitrogens is 4. The predicted molar refractivity (Wildman–Crippen MR) is 119 cm³/mol. The Balaban J connectivity index is 1.60. The summed E-state index contributed by atoms with van der Waals surface area (Å²) < 4.78 is 13.9. The monoisotopic (exact) mass is 439 g/mol. The number of hydrogen-bond donors (Lipinski definition) is 3. The zero-order valence-electron chi connectivity index (χ0n) is 17.9. The highest BCUT2D eigenvalue weighted by atomic mass is 16.5. The highest BCUT2D eigenvalue weighted by Gasteiger charge is 2.20. The maximum absolute atomic E-state index is 12.6. The summed E-state index contributed by atoms with van der Waals surface area (Å²) >= 11 is 0. The molecule has 0 saturated heterocycles. The zero-order chi connectivity index (χ0) is 22.7. The van der Waals surface area contributed by atoms with E-state index in [0.29, 0.717) is 24.0 Å². The Morgan fingerprint density at radius 1 is 1.28 bits per heavy atom. The van der Waals surface area contributed by atoms with Crippen LogP contribution in [0.15, 0.2) is 56.7 Å². The second kappa shape index (κ2) is 9.15. The number of anilines is 1. The molecule has 0 aliphatic rings. The molecule has 0 spiro atoms. The number of aliphatic hydroxyl groups is 1. The van der Waals surface area contributed by atoms with E-state index in [2.05, 4.69) is 22.2 Å². The molecule has 3 heterocycles. The van der Waals surface area contributed by atoms with Gasteiger partial charge in [0.25, 0.3) is 5.56 Å². The number of hydrogen-bond acceptors (Lipinski definition) is 7. The lowest BCUT2D eigenvalue weighted by atomic mass is 10.2. The summed E-state index contributed by atoms with van der Waals surface area (Å²) in [7, 11) is 1.52. The van der Waals surface area contributed by atoms with E-state index in [4.69, 9.17) is 9.15 Å². The van der Waals surface area contributed by atoms with Crippen molar-refractivity contribution in [1.82, 2.24) is 19.1 Å². The Morgan fingerprint density at radius 3 is 2.88 bits per heavy atom. The van der Waals surface area contributed by atoms with Gasteiger partial charge >= 0.3 is 5.69 Å². The average molecular weight is 439 g/mol. The predicted octanol–water partition coefficient (Wildman–Crippen LogP) is 1.63. The van der Waals surface area contributed by atoms with Crippen LogP contribution in [0.2, 0.25) is 0 Å². The number of furan rings is 1. The first-order valence-corrected chi connectivity index (χ1v) is 10.3. The van der Waals surface area contributed by atoms with Crippen LogP contribution in [-0.4, -0.2) is 36.9 Å². The van der Waals surface area contributed by atoms with E-state index in [0.717, 1.165) is 12.0 Å². The molecule has 1 aromatic carbocycles. The van der Waals surface area contributed by atoms with Gasteiger partial charge in [0.05, 0.1) is 19.4 Å². The minimum atomic E-state index is -0.932. The van der Waals surface area contributed by atoms with Crippen molar-refractivity contribution in [3.63, 3.8) is 0 Å². The highest BCUT2D eigenvalue weighted by molar-refractivity contribution is 5.74. The van der Waals surface area contributed by atoms with Gasteiger partial charge < -0.3 is 24.1 Å². The molecule has 10 nitrogen and oxygen atoms in total. The summed E-state index contributed by atoms with van der Waals surface area (Å²) in [6, 6.07) is 11.2. The van der Waals surface area contributed by atoms with Crippen LogP contribution in [0.4, 0.5) is 5.95 Å². The van der Waals surface area contributed by atoms with Gasteiger partial charge in [0.15, 0.2) is 11.2 Å². The summed E-state index contributed by atoms with van der Waals surface area (Å²) in [5.41, 5.74) is 0.384. The summed E-state index contributed by atoms with van der Waals surface area (Å²) in [5, 5.41) is 13.8.